The lowest BCUT2D eigenvalue weighted by molar-refractivity contribution is -0.169. The Morgan fingerprint density at radius 2 is 1.35 bits per heavy atom. The van der Waals surface area contributed by atoms with E-state index in [1.807, 2.05) is 0 Å². The SMILES string of the molecule is CC[Si](C)(C)OC(=O)CCC(C)C1CCC2C3C(CCC12C)C1(C)CC[C@@H](O[Si](C)(C)CC)CC1C[C@@H]3O[Si](C)(C)CC. The number of rotatable bonds is 12. The summed E-state index contributed by atoms with van der Waals surface area (Å²) in [6.07, 6.45) is 12.9. The summed E-state index contributed by atoms with van der Waals surface area (Å²) < 4.78 is 20.2. The Labute approximate surface area is 270 Å². The highest BCUT2D eigenvalue weighted by atomic mass is 28.4. The predicted molar refractivity (Wildman–Crippen MR) is 189 cm³/mol. The number of fused-ring (bicyclic) bond motifs is 5. The van der Waals surface area contributed by atoms with Crippen molar-refractivity contribution in [3.05, 3.63) is 0 Å². The van der Waals surface area contributed by atoms with Crippen LogP contribution in [0.5, 0.6) is 0 Å². The molecule has 0 N–H and O–H groups in total. The summed E-state index contributed by atoms with van der Waals surface area (Å²) in [6.45, 7) is 28.7. The van der Waals surface area contributed by atoms with Crippen molar-refractivity contribution in [2.75, 3.05) is 0 Å². The Kier molecular flexibility index (Phi) is 11.1. The molecule has 4 fully saturated rings. The van der Waals surface area contributed by atoms with E-state index in [4.69, 9.17) is 13.3 Å². The summed E-state index contributed by atoms with van der Waals surface area (Å²) in [5.74, 6) is 4.26. The van der Waals surface area contributed by atoms with Crippen LogP contribution in [0.2, 0.25) is 57.4 Å². The molecule has 0 aromatic rings. The summed E-state index contributed by atoms with van der Waals surface area (Å²) in [7, 11) is -5.12. The average Bonchev–Trinajstić information content (AvgIpc) is 3.29. The van der Waals surface area contributed by atoms with E-state index in [-0.39, 0.29) is 5.97 Å². The van der Waals surface area contributed by atoms with Crippen molar-refractivity contribution >= 4 is 30.9 Å². The second-order valence-corrected chi connectivity index (χ2v) is 31.3. The third-order valence-electron chi connectivity index (χ3n) is 14.1. The average molecular weight is 651 g/mol. The van der Waals surface area contributed by atoms with Crippen LogP contribution < -0.4 is 0 Å². The predicted octanol–water partition coefficient (Wildman–Crippen LogP) is 10.7. The first-order chi connectivity index (χ1) is 19.9. The van der Waals surface area contributed by atoms with Crippen molar-refractivity contribution in [1.82, 2.24) is 0 Å². The summed E-state index contributed by atoms with van der Waals surface area (Å²) in [5.41, 5.74) is 0.784. The van der Waals surface area contributed by atoms with E-state index in [0.29, 0.717) is 47.2 Å². The van der Waals surface area contributed by atoms with Crippen LogP contribution in [-0.4, -0.2) is 43.1 Å². The van der Waals surface area contributed by atoms with Crippen molar-refractivity contribution in [3.63, 3.8) is 0 Å². The van der Waals surface area contributed by atoms with Gasteiger partial charge in [0, 0.05) is 18.6 Å². The number of carbonyl (C=O) groups excluding carboxylic acids is 1. The third kappa shape index (κ3) is 7.62. The first kappa shape index (κ1) is 35.9. The Morgan fingerprint density at radius 3 is 1.98 bits per heavy atom. The molecule has 0 spiro atoms. The van der Waals surface area contributed by atoms with Crippen LogP contribution in [0.4, 0.5) is 0 Å². The van der Waals surface area contributed by atoms with Crippen LogP contribution in [0.25, 0.3) is 0 Å². The molecule has 43 heavy (non-hydrogen) atoms. The van der Waals surface area contributed by atoms with Crippen LogP contribution in [0.15, 0.2) is 0 Å². The van der Waals surface area contributed by atoms with E-state index in [0.717, 1.165) is 30.2 Å². The molecular formula is C36H70O4Si3. The molecule has 0 saturated heterocycles. The second kappa shape index (κ2) is 13.3. The number of hydrogen-bond acceptors (Lipinski definition) is 4. The molecule has 4 aliphatic rings. The molecule has 4 aliphatic carbocycles. The maximum atomic E-state index is 12.8. The van der Waals surface area contributed by atoms with E-state index in [2.05, 4.69) is 80.8 Å². The minimum atomic E-state index is -1.84. The fourth-order valence-corrected chi connectivity index (χ4v) is 13.8. The van der Waals surface area contributed by atoms with E-state index in [1.165, 1.54) is 63.5 Å². The minimum absolute atomic E-state index is 0.0461. The normalized spacial score (nSPS) is 39.0. The quantitative estimate of drug-likeness (QED) is 0.197. The van der Waals surface area contributed by atoms with Gasteiger partial charge in [0.15, 0.2) is 16.6 Å². The molecule has 0 heterocycles. The van der Waals surface area contributed by atoms with Gasteiger partial charge in [0.25, 0.3) is 5.97 Å². The maximum absolute atomic E-state index is 12.8. The van der Waals surface area contributed by atoms with Gasteiger partial charge in [-0.25, -0.2) is 0 Å². The smallest absolute Gasteiger partial charge is 0.292 e. The van der Waals surface area contributed by atoms with E-state index in [1.54, 1.807) is 0 Å². The van der Waals surface area contributed by atoms with Gasteiger partial charge < -0.3 is 13.3 Å². The summed E-state index contributed by atoms with van der Waals surface area (Å²) in [4.78, 5) is 12.8. The van der Waals surface area contributed by atoms with Crippen LogP contribution >= 0.6 is 0 Å². The molecule has 7 heteroatoms. The van der Waals surface area contributed by atoms with E-state index < -0.39 is 25.0 Å². The number of carbonyl (C=O) groups is 1. The zero-order chi connectivity index (χ0) is 32.0. The molecule has 0 aromatic carbocycles. The highest BCUT2D eigenvalue weighted by Crippen LogP contribution is 2.69. The van der Waals surface area contributed by atoms with Crippen LogP contribution in [0.1, 0.15) is 106 Å². The van der Waals surface area contributed by atoms with Crippen LogP contribution in [0.3, 0.4) is 0 Å². The fourth-order valence-electron chi connectivity index (χ4n) is 10.4. The number of hydrogen-bond donors (Lipinski definition) is 0. The van der Waals surface area contributed by atoms with Gasteiger partial charge in [0.2, 0.25) is 8.32 Å². The highest BCUT2D eigenvalue weighted by molar-refractivity contribution is 6.72. The lowest BCUT2D eigenvalue weighted by Gasteiger charge is -2.64. The Hall–Kier alpha value is 0.0406. The standard InChI is InChI=1S/C36H70O4Si3/c1-13-41(7,8)38-28-20-22-35(5)27(24-28)25-32(39-42(9,10)14-2)34-30-18-17-29(36(30,6)23-21-31(34)35)26(4)16-19-33(37)40-43(11,12)15-3/h26-32,34H,13-25H2,1-12H3/t26?,27?,28-,29?,30?,31?,32+,34?,35?,36?/m1/s1. The zero-order valence-corrected chi connectivity index (χ0v) is 33.4. The first-order valence-electron chi connectivity index (χ1n) is 18.5. The Morgan fingerprint density at radius 1 is 0.767 bits per heavy atom. The molecule has 4 nitrogen and oxygen atoms in total. The first-order valence-corrected chi connectivity index (χ1v) is 27.8. The van der Waals surface area contributed by atoms with Gasteiger partial charge in [-0.3, -0.25) is 4.79 Å². The molecule has 0 aliphatic heterocycles. The van der Waals surface area contributed by atoms with Crippen molar-refractivity contribution < 1.29 is 18.1 Å². The summed E-state index contributed by atoms with van der Waals surface area (Å²) in [5, 5.41) is 0. The van der Waals surface area contributed by atoms with E-state index in [9.17, 15) is 4.79 Å². The van der Waals surface area contributed by atoms with Gasteiger partial charge in [-0.15, -0.1) is 0 Å². The van der Waals surface area contributed by atoms with Crippen LogP contribution in [-0.2, 0) is 18.1 Å². The topological polar surface area (TPSA) is 44.8 Å². The Balaban J connectivity index is 1.54. The largest absolute Gasteiger partial charge is 0.520 e. The van der Waals surface area contributed by atoms with Gasteiger partial charge in [-0.05, 0) is 162 Å². The zero-order valence-electron chi connectivity index (χ0n) is 30.4. The molecular weight excluding hydrogens is 581 g/mol. The molecule has 10 atom stereocenters. The molecule has 0 bridgehead atoms. The van der Waals surface area contributed by atoms with Gasteiger partial charge in [-0.1, -0.05) is 41.5 Å². The molecule has 4 rings (SSSR count). The van der Waals surface area contributed by atoms with Crippen molar-refractivity contribution in [3.8, 4) is 0 Å². The molecule has 0 aromatic heterocycles. The lowest BCUT2D eigenvalue weighted by atomic mass is 9.43. The monoisotopic (exact) mass is 650 g/mol. The highest BCUT2D eigenvalue weighted by Gasteiger charge is 2.63. The van der Waals surface area contributed by atoms with Gasteiger partial charge in [-0.2, -0.15) is 0 Å². The maximum Gasteiger partial charge on any atom is 0.292 e. The van der Waals surface area contributed by atoms with Crippen molar-refractivity contribution in [1.29, 1.82) is 0 Å². The van der Waals surface area contributed by atoms with Crippen LogP contribution in [0, 0.1) is 46.3 Å². The van der Waals surface area contributed by atoms with E-state index >= 15 is 0 Å². The summed E-state index contributed by atoms with van der Waals surface area (Å²) >= 11 is 0. The molecule has 250 valence electrons. The van der Waals surface area contributed by atoms with Crippen molar-refractivity contribution in [2.24, 2.45) is 46.3 Å². The molecule has 0 radical (unpaired) electrons. The second-order valence-electron chi connectivity index (χ2n) is 18.0. The molecule has 8 unspecified atom stereocenters. The van der Waals surface area contributed by atoms with Gasteiger partial charge in [0.05, 0.1) is 0 Å². The molecule has 0 amide bonds. The lowest BCUT2D eigenvalue weighted by Crippen LogP contribution is -2.60. The molecule has 4 saturated carbocycles. The van der Waals surface area contributed by atoms with Gasteiger partial charge >= 0.3 is 0 Å². The fraction of sp³-hybridized carbons (Fsp3) is 0.972. The minimum Gasteiger partial charge on any atom is -0.520 e. The third-order valence-corrected chi connectivity index (χ3v) is 21.9. The Bertz CT molecular complexity index is 968. The summed E-state index contributed by atoms with van der Waals surface area (Å²) in [6, 6.07) is 3.39. The van der Waals surface area contributed by atoms with Crippen molar-refractivity contribution in [2.45, 2.75) is 175 Å². The van der Waals surface area contributed by atoms with Gasteiger partial charge in [0.1, 0.15) is 0 Å².